The third kappa shape index (κ3) is 10.00. The third-order valence-corrected chi connectivity index (χ3v) is 4.37. The first kappa shape index (κ1) is 24.2. The number of guanidine groups is 1. The van der Waals surface area contributed by atoms with Crippen molar-refractivity contribution in [2.24, 2.45) is 4.99 Å². The van der Waals surface area contributed by atoms with Gasteiger partial charge in [0, 0.05) is 38.4 Å². The van der Waals surface area contributed by atoms with E-state index in [-0.39, 0.29) is 12.0 Å². The van der Waals surface area contributed by atoms with E-state index in [0.717, 1.165) is 24.6 Å². The van der Waals surface area contributed by atoms with Gasteiger partial charge in [-0.2, -0.15) is 0 Å². The Hall–Kier alpha value is -3.06. The summed E-state index contributed by atoms with van der Waals surface area (Å²) < 4.78 is 11.6. The summed E-state index contributed by atoms with van der Waals surface area (Å²) in [4.78, 5) is 15.7. The molecule has 2 rings (SSSR count). The van der Waals surface area contributed by atoms with Crippen LogP contribution in [0.3, 0.4) is 0 Å². The minimum absolute atomic E-state index is 0.0813. The number of amides is 1. The van der Waals surface area contributed by atoms with Crippen LogP contribution in [0.4, 0.5) is 5.69 Å². The summed E-state index contributed by atoms with van der Waals surface area (Å²) in [5, 5.41) is 9.25. The monoisotopic (exact) mass is 426 g/mol. The fourth-order valence-corrected chi connectivity index (χ4v) is 2.88. The lowest BCUT2D eigenvalue weighted by Gasteiger charge is -2.14. The van der Waals surface area contributed by atoms with Gasteiger partial charge in [0.1, 0.15) is 12.4 Å². The molecule has 0 radical (unpaired) electrons. The van der Waals surface area contributed by atoms with E-state index in [4.69, 9.17) is 9.47 Å². The van der Waals surface area contributed by atoms with Crippen molar-refractivity contribution in [3.05, 3.63) is 60.2 Å². The SMILES string of the molecule is CCNC(=NCCCOC(C)c1ccccc1)NCCOc1cccc(NC(C)=O)c1. The van der Waals surface area contributed by atoms with Gasteiger partial charge >= 0.3 is 0 Å². The number of carbonyl (C=O) groups is 1. The number of carbonyl (C=O) groups excluding carboxylic acids is 1. The van der Waals surface area contributed by atoms with E-state index < -0.39 is 0 Å². The van der Waals surface area contributed by atoms with Gasteiger partial charge in [0.05, 0.1) is 12.6 Å². The topological polar surface area (TPSA) is 84.0 Å². The molecule has 7 heteroatoms. The minimum atomic E-state index is -0.106. The molecule has 1 unspecified atom stereocenters. The number of hydrogen-bond donors (Lipinski definition) is 3. The summed E-state index contributed by atoms with van der Waals surface area (Å²) >= 11 is 0. The highest BCUT2D eigenvalue weighted by Crippen LogP contribution is 2.17. The van der Waals surface area contributed by atoms with Crippen LogP contribution in [0.15, 0.2) is 59.6 Å². The molecule has 7 nitrogen and oxygen atoms in total. The zero-order valence-corrected chi connectivity index (χ0v) is 18.7. The molecule has 168 valence electrons. The lowest BCUT2D eigenvalue weighted by molar-refractivity contribution is -0.114. The Morgan fingerprint density at radius 3 is 2.61 bits per heavy atom. The van der Waals surface area contributed by atoms with Gasteiger partial charge in [-0.15, -0.1) is 0 Å². The van der Waals surface area contributed by atoms with Gasteiger partial charge < -0.3 is 25.4 Å². The van der Waals surface area contributed by atoms with Gasteiger partial charge in [0.25, 0.3) is 0 Å². The number of nitrogens with one attached hydrogen (secondary N) is 3. The first-order chi connectivity index (χ1) is 15.1. The third-order valence-electron chi connectivity index (χ3n) is 4.37. The Bertz CT molecular complexity index is 811. The number of ether oxygens (including phenoxy) is 2. The van der Waals surface area contributed by atoms with Gasteiger partial charge in [0.2, 0.25) is 5.91 Å². The maximum absolute atomic E-state index is 11.2. The van der Waals surface area contributed by atoms with Crippen LogP contribution in [0.1, 0.15) is 38.9 Å². The molecule has 0 saturated carbocycles. The summed E-state index contributed by atoms with van der Waals surface area (Å²) in [5.41, 5.74) is 1.90. The van der Waals surface area contributed by atoms with Crippen LogP contribution in [0, 0.1) is 0 Å². The number of nitrogens with zero attached hydrogens (tertiary/aromatic N) is 1. The van der Waals surface area contributed by atoms with Crippen molar-refractivity contribution < 1.29 is 14.3 Å². The molecule has 0 spiro atoms. The minimum Gasteiger partial charge on any atom is -0.492 e. The molecule has 2 aromatic carbocycles. The van der Waals surface area contributed by atoms with Crippen LogP contribution in [0.2, 0.25) is 0 Å². The van der Waals surface area contributed by atoms with Gasteiger partial charge in [-0.05, 0) is 38.0 Å². The summed E-state index contributed by atoms with van der Waals surface area (Å²) in [6.07, 6.45) is 0.929. The molecule has 0 bridgehead atoms. The average molecular weight is 427 g/mol. The lowest BCUT2D eigenvalue weighted by Crippen LogP contribution is -2.39. The second kappa shape index (κ2) is 14.0. The Kier molecular flexibility index (Phi) is 11.0. The molecule has 0 aromatic heterocycles. The van der Waals surface area contributed by atoms with Gasteiger partial charge in [-0.3, -0.25) is 9.79 Å². The number of rotatable bonds is 12. The van der Waals surface area contributed by atoms with E-state index in [1.165, 1.54) is 12.5 Å². The fourth-order valence-electron chi connectivity index (χ4n) is 2.88. The first-order valence-corrected chi connectivity index (χ1v) is 10.8. The molecular weight excluding hydrogens is 392 g/mol. The number of benzene rings is 2. The second-order valence-corrected chi connectivity index (χ2v) is 7.02. The molecule has 0 heterocycles. The lowest BCUT2D eigenvalue weighted by atomic mass is 10.1. The maximum atomic E-state index is 11.2. The van der Waals surface area contributed by atoms with Crippen LogP contribution in [-0.4, -0.2) is 44.7 Å². The predicted molar refractivity (Wildman–Crippen MR) is 126 cm³/mol. The molecular formula is C24H34N4O3. The van der Waals surface area contributed by atoms with Crippen LogP contribution in [0.25, 0.3) is 0 Å². The van der Waals surface area contributed by atoms with Crippen LogP contribution in [-0.2, 0) is 9.53 Å². The highest BCUT2D eigenvalue weighted by molar-refractivity contribution is 5.88. The summed E-state index contributed by atoms with van der Waals surface area (Å²) in [7, 11) is 0. The van der Waals surface area contributed by atoms with E-state index in [9.17, 15) is 4.79 Å². The van der Waals surface area contributed by atoms with Gasteiger partial charge in [-0.25, -0.2) is 0 Å². The van der Waals surface area contributed by atoms with Crippen LogP contribution >= 0.6 is 0 Å². The van der Waals surface area contributed by atoms with Crippen molar-refractivity contribution in [2.75, 3.05) is 38.2 Å². The highest BCUT2D eigenvalue weighted by atomic mass is 16.5. The standard InChI is InChI=1S/C24H34N4O3/c1-4-25-24(26-14-9-16-30-19(2)21-10-6-5-7-11-21)27-15-17-31-23-13-8-12-22(18-23)28-20(3)29/h5-8,10-13,18-19H,4,9,14-17H2,1-3H3,(H,28,29)(H2,25,26,27). The molecule has 3 N–H and O–H groups in total. The van der Waals surface area contributed by atoms with Crippen molar-refractivity contribution >= 4 is 17.6 Å². The zero-order valence-electron chi connectivity index (χ0n) is 18.7. The molecule has 2 aromatic rings. The van der Waals surface area contributed by atoms with Crippen molar-refractivity contribution in [3.63, 3.8) is 0 Å². The Morgan fingerprint density at radius 1 is 1.06 bits per heavy atom. The Labute approximate surface area is 185 Å². The van der Waals surface area contributed by atoms with E-state index in [1.54, 1.807) is 6.07 Å². The van der Waals surface area contributed by atoms with E-state index in [0.29, 0.717) is 32.1 Å². The van der Waals surface area contributed by atoms with Gasteiger partial charge in [-0.1, -0.05) is 36.4 Å². The number of anilines is 1. The van der Waals surface area contributed by atoms with E-state index in [1.807, 2.05) is 43.3 Å². The molecule has 0 fully saturated rings. The Morgan fingerprint density at radius 2 is 1.87 bits per heavy atom. The predicted octanol–water partition coefficient (Wildman–Crippen LogP) is 3.75. The van der Waals surface area contributed by atoms with Crippen molar-refractivity contribution in [1.82, 2.24) is 10.6 Å². The fraction of sp³-hybridized carbons (Fsp3) is 0.417. The van der Waals surface area contributed by atoms with Crippen LogP contribution < -0.4 is 20.7 Å². The van der Waals surface area contributed by atoms with Crippen molar-refractivity contribution in [1.29, 1.82) is 0 Å². The maximum Gasteiger partial charge on any atom is 0.221 e. The van der Waals surface area contributed by atoms with Gasteiger partial charge in [0.15, 0.2) is 5.96 Å². The zero-order chi connectivity index (χ0) is 22.3. The average Bonchev–Trinajstić information content (AvgIpc) is 2.76. The molecule has 0 aliphatic carbocycles. The van der Waals surface area contributed by atoms with Crippen molar-refractivity contribution in [2.45, 2.75) is 33.3 Å². The molecule has 0 aliphatic heterocycles. The quantitative estimate of drug-likeness (QED) is 0.274. The highest BCUT2D eigenvalue weighted by Gasteiger charge is 2.04. The summed E-state index contributed by atoms with van der Waals surface area (Å²) in [5.74, 6) is 1.36. The normalized spacial score (nSPS) is 12.2. The smallest absolute Gasteiger partial charge is 0.221 e. The molecule has 1 atom stereocenters. The Balaban J connectivity index is 1.67. The van der Waals surface area contributed by atoms with Crippen LogP contribution in [0.5, 0.6) is 5.75 Å². The number of aliphatic imine (C=N–C) groups is 1. The largest absolute Gasteiger partial charge is 0.492 e. The second-order valence-electron chi connectivity index (χ2n) is 7.02. The molecule has 31 heavy (non-hydrogen) atoms. The first-order valence-electron chi connectivity index (χ1n) is 10.8. The molecule has 0 aliphatic rings. The molecule has 1 amide bonds. The summed E-state index contributed by atoms with van der Waals surface area (Å²) in [6, 6.07) is 17.6. The van der Waals surface area contributed by atoms with E-state index in [2.05, 4.69) is 40.0 Å². The van der Waals surface area contributed by atoms with E-state index >= 15 is 0 Å². The van der Waals surface area contributed by atoms with Crippen molar-refractivity contribution in [3.8, 4) is 5.75 Å². The summed E-state index contributed by atoms with van der Waals surface area (Å²) in [6.45, 7) is 8.79. The molecule has 0 saturated heterocycles. The number of hydrogen-bond acceptors (Lipinski definition) is 4.